The van der Waals surface area contributed by atoms with Crippen LogP contribution in [0.5, 0.6) is 0 Å². The molecule has 0 spiro atoms. The van der Waals surface area contributed by atoms with Gasteiger partial charge in [0.2, 0.25) is 0 Å². The van der Waals surface area contributed by atoms with Gasteiger partial charge in [0.25, 0.3) is 0 Å². The van der Waals surface area contributed by atoms with Gasteiger partial charge in [-0.25, -0.2) is 0 Å². The highest BCUT2D eigenvalue weighted by Gasteiger charge is 2.22. The highest BCUT2D eigenvalue weighted by molar-refractivity contribution is 5.39. The molecular formula is C12H20N2O. The first kappa shape index (κ1) is 10.7. The van der Waals surface area contributed by atoms with E-state index in [1.165, 1.54) is 24.1 Å². The van der Waals surface area contributed by atoms with Gasteiger partial charge in [-0.1, -0.05) is 0 Å². The van der Waals surface area contributed by atoms with Crippen molar-refractivity contribution < 1.29 is 5.11 Å². The van der Waals surface area contributed by atoms with Gasteiger partial charge >= 0.3 is 0 Å². The lowest BCUT2D eigenvalue weighted by Crippen LogP contribution is -2.18. The SMILES string of the molecule is CNCC(O)c1c(C)[nH]c2c1CCCC2. The Hall–Kier alpha value is -0.800. The van der Waals surface area contributed by atoms with E-state index in [1.54, 1.807) is 0 Å². The topological polar surface area (TPSA) is 48.0 Å². The summed E-state index contributed by atoms with van der Waals surface area (Å²) in [4.78, 5) is 3.42. The summed E-state index contributed by atoms with van der Waals surface area (Å²) in [5, 5.41) is 13.1. The lowest BCUT2D eigenvalue weighted by molar-refractivity contribution is 0.176. The first-order valence-electron chi connectivity index (χ1n) is 5.77. The molecule has 1 aromatic rings. The third-order valence-electron chi connectivity index (χ3n) is 3.27. The highest BCUT2D eigenvalue weighted by atomic mass is 16.3. The molecule has 2 rings (SSSR count). The third kappa shape index (κ3) is 1.94. The van der Waals surface area contributed by atoms with Crippen LogP contribution in [-0.4, -0.2) is 23.7 Å². The van der Waals surface area contributed by atoms with Crippen molar-refractivity contribution in [2.45, 2.75) is 38.7 Å². The van der Waals surface area contributed by atoms with Crippen LogP contribution in [0.15, 0.2) is 0 Å². The fraction of sp³-hybridized carbons (Fsp3) is 0.667. The molecule has 84 valence electrons. The zero-order valence-corrected chi connectivity index (χ0v) is 9.56. The van der Waals surface area contributed by atoms with Gasteiger partial charge in [0.1, 0.15) is 0 Å². The Balaban J connectivity index is 2.32. The lowest BCUT2D eigenvalue weighted by Gasteiger charge is -2.16. The molecule has 0 aromatic carbocycles. The zero-order chi connectivity index (χ0) is 10.8. The fourth-order valence-electron chi connectivity index (χ4n) is 2.61. The number of aliphatic hydroxyl groups excluding tert-OH is 1. The number of likely N-dealkylation sites (N-methyl/N-ethyl adjacent to an activating group) is 1. The first-order chi connectivity index (χ1) is 7.24. The van der Waals surface area contributed by atoms with Gasteiger partial charge in [-0.05, 0) is 45.2 Å². The lowest BCUT2D eigenvalue weighted by atomic mass is 9.92. The van der Waals surface area contributed by atoms with Gasteiger partial charge in [0.15, 0.2) is 0 Å². The van der Waals surface area contributed by atoms with Crippen molar-refractivity contribution in [1.82, 2.24) is 10.3 Å². The fourth-order valence-corrected chi connectivity index (χ4v) is 2.61. The summed E-state index contributed by atoms with van der Waals surface area (Å²) < 4.78 is 0. The normalized spacial score (nSPS) is 17.5. The molecule has 15 heavy (non-hydrogen) atoms. The summed E-state index contributed by atoms with van der Waals surface area (Å²) in [7, 11) is 1.87. The number of fused-ring (bicyclic) bond motifs is 1. The predicted octanol–water partition coefficient (Wildman–Crippen LogP) is 1.45. The minimum absolute atomic E-state index is 0.368. The molecule has 0 aliphatic heterocycles. The Kier molecular flexibility index (Phi) is 3.12. The van der Waals surface area contributed by atoms with Crippen LogP contribution in [0.3, 0.4) is 0 Å². The van der Waals surface area contributed by atoms with Crippen LogP contribution < -0.4 is 5.32 Å². The summed E-state index contributed by atoms with van der Waals surface area (Å²) >= 11 is 0. The molecule has 0 saturated carbocycles. The number of aromatic nitrogens is 1. The average molecular weight is 208 g/mol. The summed E-state index contributed by atoms with van der Waals surface area (Å²) in [6.45, 7) is 2.69. The maximum absolute atomic E-state index is 10.1. The summed E-state index contributed by atoms with van der Waals surface area (Å²) in [5.41, 5.74) is 5.01. The van der Waals surface area contributed by atoms with Crippen molar-refractivity contribution in [3.8, 4) is 0 Å². The number of aromatic amines is 1. The number of H-pyrrole nitrogens is 1. The molecular weight excluding hydrogens is 188 g/mol. The molecule has 1 unspecified atom stereocenters. The second-order valence-electron chi connectivity index (χ2n) is 4.40. The Labute approximate surface area is 90.9 Å². The largest absolute Gasteiger partial charge is 0.387 e. The van der Waals surface area contributed by atoms with Gasteiger partial charge in [-0.15, -0.1) is 0 Å². The van der Waals surface area contributed by atoms with Gasteiger partial charge < -0.3 is 15.4 Å². The Morgan fingerprint density at radius 3 is 2.87 bits per heavy atom. The van der Waals surface area contributed by atoms with Crippen molar-refractivity contribution in [1.29, 1.82) is 0 Å². The van der Waals surface area contributed by atoms with E-state index in [0.717, 1.165) is 24.1 Å². The summed E-state index contributed by atoms with van der Waals surface area (Å²) in [6.07, 6.45) is 4.42. The van der Waals surface area contributed by atoms with E-state index in [1.807, 2.05) is 7.05 Å². The van der Waals surface area contributed by atoms with E-state index in [4.69, 9.17) is 0 Å². The monoisotopic (exact) mass is 208 g/mol. The molecule has 3 nitrogen and oxygen atoms in total. The molecule has 1 aliphatic rings. The molecule has 0 radical (unpaired) electrons. The van der Waals surface area contributed by atoms with Crippen LogP contribution in [0, 0.1) is 6.92 Å². The van der Waals surface area contributed by atoms with Gasteiger partial charge in [-0.2, -0.15) is 0 Å². The minimum Gasteiger partial charge on any atom is -0.387 e. The van der Waals surface area contributed by atoms with Crippen molar-refractivity contribution in [3.63, 3.8) is 0 Å². The van der Waals surface area contributed by atoms with Gasteiger partial charge in [0.05, 0.1) is 6.10 Å². The number of hydrogen-bond donors (Lipinski definition) is 3. The molecule has 0 bridgehead atoms. The van der Waals surface area contributed by atoms with Crippen molar-refractivity contribution in [2.75, 3.05) is 13.6 Å². The summed E-state index contributed by atoms with van der Waals surface area (Å²) in [6, 6.07) is 0. The minimum atomic E-state index is -0.368. The van der Waals surface area contributed by atoms with Crippen molar-refractivity contribution in [2.24, 2.45) is 0 Å². The second-order valence-corrected chi connectivity index (χ2v) is 4.40. The van der Waals surface area contributed by atoms with E-state index in [-0.39, 0.29) is 6.10 Å². The summed E-state index contributed by atoms with van der Waals surface area (Å²) in [5.74, 6) is 0. The molecule has 1 heterocycles. The Bertz CT molecular complexity index is 344. The maximum atomic E-state index is 10.1. The van der Waals surface area contributed by atoms with Crippen LogP contribution in [0.4, 0.5) is 0 Å². The highest BCUT2D eigenvalue weighted by Crippen LogP contribution is 2.30. The van der Waals surface area contributed by atoms with Crippen LogP contribution in [0.25, 0.3) is 0 Å². The number of aliphatic hydroxyl groups is 1. The number of nitrogens with one attached hydrogen (secondary N) is 2. The molecule has 3 N–H and O–H groups in total. The number of hydrogen-bond acceptors (Lipinski definition) is 2. The van der Waals surface area contributed by atoms with E-state index >= 15 is 0 Å². The van der Waals surface area contributed by atoms with Crippen LogP contribution in [0.2, 0.25) is 0 Å². The first-order valence-corrected chi connectivity index (χ1v) is 5.77. The van der Waals surface area contributed by atoms with E-state index in [0.29, 0.717) is 6.54 Å². The molecule has 0 saturated heterocycles. The van der Waals surface area contributed by atoms with Crippen molar-refractivity contribution in [3.05, 3.63) is 22.5 Å². The molecule has 1 aliphatic carbocycles. The van der Waals surface area contributed by atoms with Crippen molar-refractivity contribution >= 4 is 0 Å². The van der Waals surface area contributed by atoms with Crippen LogP contribution in [-0.2, 0) is 12.8 Å². The van der Waals surface area contributed by atoms with E-state index in [9.17, 15) is 5.11 Å². The maximum Gasteiger partial charge on any atom is 0.0934 e. The van der Waals surface area contributed by atoms with Gasteiger partial charge in [0, 0.05) is 23.5 Å². The Morgan fingerprint density at radius 1 is 1.40 bits per heavy atom. The smallest absolute Gasteiger partial charge is 0.0934 e. The standard InChI is InChI=1S/C12H20N2O/c1-8-12(11(15)7-13-2)9-5-3-4-6-10(9)14-8/h11,13-15H,3-7H2,1-2H3. The van der Waals surface area contributed by atoms with E-state index in [2.05, 4.69) is 17.2 Å². The predicted molar refractivity (Wildman–Crippen MR) is 61.1 cm³/mol. The molecule has 1 atom stereocenters. The number of rotatable bonds is 3. The van der Waals surface area contributed by atoms with E-state index < -0.39 is 0 Å². The number of aryl methyl sites for hydroxylation is 2. The average Bonchev–Trinajstić information content (AvgIpc) is 2.54. The van der Waals surface area contributed by atoms with Crippen LogP contribution in [0.1, 0.15) is 41.5 Å². The zero-order valence-electron chi connectivity index (χ0n) is 9.56. The molecule has 0 amide bonds. The third-order valence-corrected chi connectivity index (χ3v) is 3.27. The second kappa shape index (κ2) is 4.37. The Morgan fingerprint density at radius 2 is 2.13 bits per heavy atom. The molecule has 1 aromatic heterocycles. The quantitative estimate of drug-likeness (QED) is 0.704. The molecule has 3 heteroatoms. The van der Waals surface area contributed by atoms with Gasteiger partial charge in [-0.3, -0.25) is 0 Å². The van der Waals surface area contributed by atoms with Crippen LogP contribution >= 0.6 is 0 Å². The molecule has 0 fully saturated rings.